The van der Waals surface area contributed by atoms with Crippen LogP contribution < -0.4 is 0 Å². The summed E-state index contributed by atoms with van der Waals surface area (Å²) in [5.74, 6) is -0.434. The van der Waals surface area contributed by atoms with E-state index in [2.05, 4.69) is 62.6 Å². The Morgan fingerprint density at radius 1 is 1.15 bits per heavy atom. The second-order valence-corrected chi connectivity index (χ2v) is 11.3. The molecule has 1 fully saturated rings. The molecular formula is C27H34N2O3S. The predicted molar refractivity (Wildman–Crippen MR) is 134 cm³/mol. The molecule has 5 nitrogen and oxygen atoms in total. The minimum absolute atomic E-state index is 0.00337. The molecule has 33 heavy (non-hydrogen) atoms. The number of ether oxygens (including phenoxy) is 1. The number of carbonyl (C=O) groups is 2. The standard InChI is InChI=1S/C27H34N2O3S/c1-6-32-26(31)20-8-7-13-28(17-20)25(30)23-15-24-22(14-18(2)33-24)29(23)16-19-9-11-21(12-10-19)27(3,4)5/h9-12,14-15,20H,6-8,13,16-17H2,1-5H3. The Morgan fingerprint density at radius 3 is 2.55 bits per heavy atom. The first-order valence-corrected chi connectivity index (χ1v) is 12.6. The van der Waals surface area contributed by atoms with Gasteiger partial charge in [0.2, 0.25) is 0 Å². The zero-order valence-electron chi connectivity index (χ0n) is 20.3. The third-order valence-corrected chi connectivity index (χ3v) is 7.41. The average molecular weight is 467 g/mol. The summed E-state index contributed by atoms with van der Waals surface area (Å²) in [6.07, 6.45) is 1.59. The first-order valence-electron chi connectivity index (χ1n) is 11.8. The van der Waals surface area contributed by atoms with E-state index in [1.807, 2.05) is 17.9 Å². The molecule has 3 heterocycles. The highest BCUT2D eigenvalue weighted by Gasteiger charge is 2.31. The zero-order chi connectivity index (χ0) is 23.8. The van der Waals surface area contributed by atoms with Gasteiger partial charge in [-0.2, -0.15) is 0 Å². The van der Waals surface area contributed by atoms with Crippen LogP contribution in [-0.2, 0) is 21.5 Å². The van der Waals surface area contributed by atoms with Crippen LogP contribution in [0.25, 0.3) is 10.2 Å². The molecule has 0 spiro atoms. The fourth-order valence-electron chi connectivity index (χ4n) is 4.58. The largest absolute Gasteiger partial charge is 0.466 e. The van der Waals surface area contributed by atoms with Gasteiger partial charge in [-0.25, -0.2) is 0 Å². The van der Waals surface area contributed by atoms with Crippen molar-refractivity contribution in [2.45, 2.75) is 59.4 Å². The number of aryl methyl sites for hydroxylation is 1. The maximum absolute atomic E-state index is 13.6. The molecule has 3 aromatic rings. The quantitative estimate of drug-likeness (QED) is 0.449. The van der Waals surface area contributed by atoms with Crippen LogP contribution in [-0.4, -0.2) is 41.0 Å². The summed E-state index contributed by atoms with van der Waals surface area (Å²) in [6, 6.07) is 12.9. The van der Waals surface area contributed by atoms with Crippen LogP contribution in [0.2, 0.25) is 0 Å². The third-order valence-electron chi connectivity index (χ3n) is 6.42. The Morgan fingerprint density at radius 2 is 1.88 bits per heavy atom. The first-order chi connectivity index (χ1) is 15.7. The molecule has 6 heteroatoms. The van der Waals surface area contributed by atoms with Crippen LogP contribution in [0.1, 0.15) is 67.0 Å². The molecule has 1 aliphatic rings. The van der Waals surface area contributed by atoms with E-state index in [0.29, 0.717) is 31.9 Å². The fraction of sp³-hybridized carbons (Fsp3) is 0.481. The van der Waals surface area contributed by atoms with Gasteiger partial charge in [0.15, 0.2) is 0 Å². The lowest BCUT2D eigenvalue weighted by Gasteiger charge is -2.31. The molecular weight excluding hydrogens is 432 g/mol. The maximum atomic E-state index is 13.6. The number of likely N-dealkylation sites (tertiary alicyclic amines) is 1. The second-order valence-electron chi connectivity index (χ2n) is 10.0. The number of aromatic nitrogens is 1. The molecule has 1 saturated heterocycles. The highest BCUT2D eigenvalue weighted by molar-refractivity contribution is 7.19. The van der Waals surface area contributed by atoms with Crippen molar-refractivity contribution in [3.8, 4) is 0 Å². The number of piperidine rings is 1. The Bertz CT molecular complexity index is 1150. The van der Waals surface area contributed by atoms with Crippen molar-refractivity contribution in [1.82, 2.24) is 9.47 Å². The number of hydrogen-bond donors (Lipinski definition) is 0. The van der Waals surface area contributed by atoms with E-state index in [4.69, 9.17) is 4.74 Å². The van der Waals surface area contributed by atoms with Crippen molar-refractivity contribution in [1.29, 1.82) is 0 Å². The molecule has 0 saturated carbocycles. The lowest BCUT2D eigenvalue weighted by atomic mass is 9.87. The minimum Gasteiger partial charge on any atom is -0.466 e. The van der Waals surface area contributed by atoms with Crippen LogP contribution >= 0.6 is 11.3 Å². The van der Waals surface area contributed by atoms with Gasteiger partial charge in [-0.1, -0.05) is 45.0 Å². The normalized spacial score (nSPS) is 16.9. The number of carbonyl (C=O) groups excluding carboxylic acids is 2. The Balaban J connectivity index is 1.63. The molecule has 0 bridgehead atoms. The van der Waals surface area contributed by atoms with Crippen molar-refractivity contribution in [3.63, 3.8) is 0 Å². The smallest absolute Gasteiger partial charge is 0.310 e. The van der Waals surface area contributed by atoms with E-state index in [1.54, 1.807) is 11.3 Å². The highest BCUT2D eigenvalue weighted by Crippen LogP contribution is 2.31. The van der Waals surface area contributed by atoms with Crippen molar-refractivity contribution < 1.29 is 14.3 Å². The van der Waals surface area contributed by atoms with Gasteiger partial charge in [-0.15, -0.1) is 11.3 Å². The van der Waals surface area contributed by atoms with Crippen molar-refractivity contribution in [2.75, 3.05) is 19.7 Å². The second kappa shape index (κ2) is 9.34. The van der Waals surface area contributed by atoms with Gasteiger partial charge in [0.05, 0.1) is 22.7 Å². The van der Waals surface area contributed by atoms with Gasteiger partial charge >= 0.3 is 5.97 Å². The summed E-state index contributed by atoms with van der Waals surface area (Å²) < 4.78 is 8.49. The third kappa shape index (κ3) is 5.01. The summed E-state index contributed by atoms with van der Waals surface area (Å²) >= 11 is 1.71. The van der Waals surface area contributed by atoms with Gasteiger partial charge in [-0.05, 0) is 55.4 Å². The molecule has 1 aliphatic heterocycles. The molecule has 1 atom stereocenters. The summed E-state index contributed by atoms with van der Waals surface area (Å²) in [7, 11) is 0. The van der Waals surface area contributed by atoms with Crippen molar-refractivity contribution >= 4 is 33.4 Å². The monoisotopic (exact) mass is 466 g/mol. The maximum Gasteiger partial charge on any atom is 0.310 e. The summed E-state index contributed by atoms with van der Waals surface area (Å²) in [4.78, 5) is 29.0. The van der Waals surface area contributed by atoms with E-state index >= 15 is 0 Å². The van der Waals surface area contributed by atoms with Crippen LogP contribution in [0.3, 0.4) is 0 Å². The predicted octanol–water partition coefficient (Wildman–Crippen LogP) is 5.77. The molecule has 4 rings (SSSR count). The van der Waals surface area contributed by atoms with E-state index in [1.165, 1.54) is 16.0 Å². The Kier molecular flexibility index (Phi) is 6.66. The van der Waals surface area contributed by atoms with Gasteiger partial charge in [-0.3, -0.25) is 9.59 Å². The molecule has 0 aliphatic carbocycles. The summed E-state index contributed by atoms with van der Waals surface area (Å²) in [5.41, 5.74) is 4.36. The Hall–Kier alpha value is -2.60. The minimum atomic E-state index is -0.237. The lowest BCUT2D eigenvalue weighted by molar-refractivity contribution is -0.149. The van der Waals surface area contributed by atoms with Crippen molar-refractivity contribution in [3.05, 3.63) is 58.1 Å². The highest BCUT2D eigenvalue weighted by atomic mass is 32.1. The molecule has 0 radical (unpaired) electrons. The first kappa shape index (κ1) is 23.6. The van der Waals surface area contributed by atoms with Gasteiger partial charge in [0.25, 0.3) is 5.91 Å². The lowest BCUT2D eigenvalue weighted by Crippen LogP contribution is -2.43. The summed E-state index contributed by atoms with van der Waals surface area (Å²) in [6.45, 7) is 12.7. The Labute approximate surface area is 200 Å². The zero-order valence-corrected chi connectivity index (χ0v) is 21.1. The van der Waals surface area contributed by atoms with Crippen molar-refractivity contribution in [2.24, 2.45) is 5.92 Å². The van der Waals surface area contributed by atoms with E-state index in [9.17, 15) is 9.59 Å². The molecule has 1 aromatic carbocycles. The number of benzene rings is 1. The molecule has 176 valence electrons. The average Bonchev–Trinajstić information content (AvgIpc) is 3.30. The molecule has 0 N–H and O–H groups in total. The summed E-state index contributed by atoms with van der Waals surface area (Å²) in [5, 5.41) is 0. The van der Waals surface area contributed by atoms with E-state index in [0.717, 1.165) is 23.1 Å². The fourth-order valence-corrected chi connectivity index (χ4v) is 5.54. The van der Waals surface area contributed by atoms with Gasteiger partial charge < -0.3 is 14.2 Å². The number of amides is 1. The van der Waals surface area contributed by atoms with Gasteiger partial charge in [0.1, 0.15) is 5.69 Å². The number of fused-ring (bicyclic) bond motifs is 1. The van der Waals surface area contributed by atoms with E-state index in [-0.39, 0.29) is 23.2 Å². The topological polar surface area (TPSA) is 51.5 Å². The molecule has 1 unspecified atom stereocenters. The SMILES string of the molecule is CCOC(=O)C1CCCN(C(=O)c2cc3sc(C)cc3n2Cc2ccc(C(C)(C)C)cc2)C1. The number of esters is 1. The van der Waals surface area contributed by atoms with Gasteiger partial charge in [0, 0.05) is 24.5 Å². The number of rotatable bonds is 5. The van der Waals surface area contributed by atoms with Crippen LogP contribution in [0.4, 0.5) is 0 Å². The number of nitrogens with zero attached hydrogens (tertiary/aromatic N) is 2. The van der Waals surface area contributed by atoms with Crippen LogP contribution in [0.15, 0.2) is 36.4 Å². The molecule has 2 aromatic heterocycles. The van der Waals surface area contributed by atoms with Crippen LogP contribution in [0.5, 0.6) is 0 Å². The van der Waals surface area contributed by atoms with E-state index < -0.39 is 0 Å². The van der Waals surface area contributed by atoms with Crippen LogP contribution in [0, 0.1) is 12.8 Å². The molecule has 1 amide bonds. The number of hydrogen-bond acceptors (Lipinski definition) is 4. The number of thiophene rings is 1.